The van der Waals surface area contributed by atoms with Crippen LogP contribution in [0.15, 0.2) is 60.7 Å². The van der Waals surface area contributed by atoms with Crippen molar-refractivity contribution < 1.29 is 5.11 Å². The van der Waals surface area contributed by atoms with Crippen LogP contribution in [0.5, 0.6) is 0 Å². The van der Waals surface area contributed by atoms with E-state index in [9.17, 15) is 5.11 Å². The molecule has 22 heavy (non-hydrogen) atoms. The summed E-state index contributed by atoms with van der Waals surface area (Å²) in [6.07, 6.45) is 1.07. The van der Waals surface area contributed by atoms with Gasteiger partial charge < -0.3 is 5.11 Å². The SMILES string of the molecule is CC[C@@H](C)[C@H](CO)N(Cc1ccccc1)Cc1ccccc1. The van der Waals surface area contributed by atoms with Gasteiger partial charge in [-0.25, -0.2) is 0 Å². The fourth-order valence-corrected chi connectivity index (χ4v) is 2.85. The van der Waals surface area contributed by atoms with Crippen molar-refractivity contribution in [1.29, 1.82) is 0 Å². The molecule has 0 aliphatic heterocycles. The molecule has 0 spiro atoms. The van der Waals surface area contributed by atoms with E-state index in [1.807, 2.05) is 12.1 Å². The maximum atomic E-state index is 9.91. The maximum absolute atomic E-state index is 9.91. The minimum atomic E-state index is 0.186. The first-order valence-corrected chi connectivity index (χ1v) is 8.17. The zero-order valence-electron chi connectivity index (χ0n) is 13.7. The van der Waals surface area contributed by atoms with E-state index >= 15 is 0 Å². The highest BCUT2D eigenvalue weighted by molar-refractivity contribution is 5.17. The zero-order valence-corrected chi connectivity index (χ0v) is 13.7. The Balaban J connectivity index is 2.19. The van der Waals surface area contributed by atoms with Crippen molar-refractivity contribution in [3.63, 3.8) is 0 Å². The summed E-state index contributed by atoms with van der Waals surface area (Å²) in [4.78, 5) is 2.40. The van der Waals surface area contributed by atoms with Gasteiger partial charge in [-0.15, -0.1) is 0 Å². The molecule has 0 saturated heterocycles. The summed E-state index contributed by atoms with van der Waals surface area (Å²) in [6.45, 7) is 6.35. The molecular weight excluding hydrogens is 270 g/mol. The van der Waals surface area contributed by atoms with Crippen LogP contribution in [0.1, 0.15) is 31.4 Å². The number of aliphatic hydroxyl groups is 1. The molecule has 0 fully saturated rings. The van der Waals surface area contributed by atoms with Gasteiger partial charge in [0.05, 0.1) is 6.61 Å². The second-order valence-corrected chi connectivity index (χ2v) is 6.01. The molecule has 2 heteroatoms. The second-order valence-electron chi connectivity index (χ2n) is 6.01. The third-order valence-electron chi connectivity index (χ3n) is 4.41. The lowest BCUT2D eigenvalue weighted by atomic mass is 9.97. The topological polar surface area (TPSA) is 23.5 Å². The average Bonchev–Trinajstić information content (AvgIpc) is 2.57. The smallest absolute Gasteiger partial charge is 0.0589 e. The first-order valence-electron chi connectivity index (χ1n) is 8.17. The Bertz CT molecular complexity index is 484. The van der Waals surface area contributed by atoms with Crippen LogP contribution in [0.2, 0.25) is 0 Å². The fraction of sp³-hybridized carbons (Fsp3) is 0.400. The first kappa shape index (κ1) is 16.7. The molecule has 0 saturated carbocycles. The van der Waals surface area contributed by atoms with Crippen LogP contribution in [0.3, 0.4) is 0 Å². The summed E-state index contributed by atoms with van der Waals surface area (Å²) in [7, 11) is 0. The van der Waals surface area contributed by atoms with Crippen LogP contribution in [-0.4, -0.2) is 22.7 Å². The van der Waals surface area contributed by atoms with Gasteiger partial charge in [0.25, 0.3) is 0 Å². The molecule has 1 N–H and O–H groups in total. The predicted octanol–water partition coefficient (Wildman–Crippen LogP) is 4.10. The summed E-state index contributed by atoms with van der Waals surface area (Å²) in [5.41, 5.74) is 2.58. The van der Waals surface area contributed by atoms with Gasteiger partial charge in [-0.05, 0) is 17.0 Å². The lowest BCUT2D eigenvalue weighted by Crippen LogP contribution is -2.41. The highest BCUT2D eigenvalue weighted by atomic mass is 16.3. The highest BCUT2D eigenvalue weighted by Gasteiger charge is 2.23. The van der Waals surface area contributed by atoms with Crippen molar-refractivity contribution in [2.45, 2.75) is 39.4 Å². The number of nitrogens with zero attached hydrogens (tertiary/aromatic N) is 1. The lowest BCUT2D eigenvalue weighted by molar-refractivity contribution is 0.0716. The Morgan fingerprint density at radius 1 is 0.864 bits per heavy atom. The summed E-state index contributed by atoms with van der Waals surface area (Å²) < 4.78 is 0. The number of hydrogen-bond donors (Lipinski definition) is 1. The van der Waals surface area contributed by atoms with E-state index in [0.717, 1.165) is 19.5 Å². The van der Waals surface area contributed by atoms with Crippen LogP contribution in [0, 0.1) is 5.92 Å². The molecule has 118 valence electrons. The molecule has 2 nitrogen and oxygen atoms in total. The minimum Gasteiger partial charge on any atom is -0.395 e. The minimum absolute atomic E-state index is 0.186. The van der Waals surface area contributed by atoms with E-state index in [4.69, 9.17) is 0 Å². The van der Waals surface area contributed by atoms with Gasteiger partial charge in [-0.1, -0.05) is 80.9 Å². The summed E-state index contributed by atoms with van der Waals surface area (Å²) in [5, 5.41) is 9.91. The van der Waals surface area contributed by atoms with Crippen LogP contribution < -0.4 is 0 Å². The molecule has 0 amide bonds. The van der Waals surface area contributed by atoms with Gasteiger partial charge in [0.1, 0.15) is 0 Å². The summed E-state index contributed by atoms with van der Waals surface area (Å²) in [5.74, 6) is 0.470. The standard InChI is InChI=1S/C20H27NO/c1-3-17(2)20(16-22)21(14-18-10-6-4-7-11-18)15-19-12-8-5-9-13-19/h4-13,17,20,22H,3,14-16H2,1-2H3/t17-,20+/m1/s1. The Morgan fingerprint density at radius 2 is 1.32 bits per heavy atom. The van der Waals surface area contributed by atoms with Crippen LogP contribution in [-0.2, 0) is 13.1 Å². The Kier molecular flexibility index (Phi) is 6.63. The molecule has 0 aliphatic rings. The van der Waals surface area contributed by atoms with E-state index in [1.54, 1.807) is 0 Å². The molecule has 0 aromatic heterocycles. The summed E-state index contributed by atoms with van der Waals surface area (Å²) >= 11 is 0. The van der Waals surface area contributed by atoms with Crippen molar-refractivity contribution in [2.75, 3.05) is 6.61 Å². The number of rotatable bonds is 8. The first-order chi connectivity index (χ1) is 10.7. The van der Waals surface area contributed by atoms with Crippen LogP contribution in [0.4, 0.5) is 0 Å². The molecule has 2 aromatic carbocycles. The van der Waals surface area contributed by atoms with Crippen molar-refractivity contribution >= 4 is 0 Å². The monoisotopic (exact) mass is 297 g/mol. The number of hydrogen-bond acceptors (Lipinski definition) is 2. The molecule has 0 unspecified atom stereocenters. The number of aliphatic hydroxyl groups excluding tert-OH is 1. The van der Waals surface area contributed by atoms with Crippen LogP contribution >= 0.6 is 0 Å². The normalized spacial score (nSPS) is 14.0. The van der Waals surface area contributed by atoms with E-state index in [2.05, 4.69) is 67.3 Å². The quantitative estimate of drug-likeness (QED) is 0.793. The Labute approximate surface area is 134 Å². The van der Waals surface area contributed by atoms with Gasteiger partial charge in [-0.2, -0.15) is 0 Å². The van der Waals surface area contributed by atoms with Crippen molar-refractivity contribution in [3.05, 3.63) is 71.8 Å². The lowest BCUT2D eigenvalue weighted by Gasteiger charge is -2.34. The third-order valence-corrected chi connectivity index (χ3v) is 4.41. The fourth-order valence-electron chi connectivity index (χ4n) is 2.85. The van der Waals surface area contributed by atoms with E-state index in [1.165, 1.54) is 11.1 Å². The van der Waals surface area contributed by atoms with Crippen molar-refractivity contribution in [1.82, 2.24) is 4.90 Å². The Hall–Kier alpha value is -1.64. The second kappa shape index (κ2) is 8.72. The highest BCUT2D eigenvalue weighted by Crippen LogP contribution is 2.20. The van der Waals surface area contributed by atoms with Crippen molar-refractivity contribution in [2.24, 2.45) is 5.92 Å². The molecule has 0 radical (unpaired) electrons. The molecule has 0 aliphatic carbocycles. The van der Waals surface area contributed by atoms with Gasteiger partial charge in [0.2, 0.25) is 0 Å². The maximum Gasteiger partial charge on any atom is 0.0589 e. The molecule has 0 heterocycles. The molecule has 2 aromatic rings. The third kappa shape index (κ3) is 4.69. The van der Waals surface area contributed by atoms with Gasteiger partial charge in [-0.3, -0.25) is 4.90 Å². The van der Waals surface area contributed by atoms with E-state index in [-0.39, 0.29) is 12.6 Å². The molecular formula is C20H27NO. The van der Waals surface area contributed by atoms with Gasteiger partial charge in [0, 0.05) is 19.1 Å². The predicted molar refractivity (Wildman–Crippen MR) is 92.5 cm³/mol. The van der Waals surface area contributed by atoms with Crippen LogP contribution in [0.25, 0.3) is 0 Å². The van der Waals surface area contributed by atoms with Crippen molar-refractivity contribution in [3.8, 4) is 0 Å². The molecule has 2 atom stereocenters. The average molecular weight is 297 g/mol. The molecule has 0 bridgehead atoms. The largest absolute Gasteiger partial charge is 0.395 e. The van der Waals surface area contributed by atoms with E-state index < -0.39 is 0 Å². The van der Waals surface area contributed by atoms with E-state index in [0.29, 0.717) is 5.92 Å². The molecule has 2 rings (SSSR count). The Morgan fingerprint density at radius 3 is 1.68 bits per heavy atom. The number of benzene rings is 2. The summed E-state index contributed by atoms with van der Waals surface area (Å²) in [6, 6.07) is 21.2. The van der Waals surface area contributed by atoms with Gasteiger partial charge >= 0.3 is 0 Å². The zero-order chi connectivity index (χ0) is 15.8. The van der Waals surface area contributed by atoms with Gasteiger partial charge in [0.15, 0.2) is 0 Å².